The number of ether oxygens (including phenoxy) is 2. The SMILES string of the molecule is CSc1cccc(NC(=O)c2ccc(O[C@@H]3CCOC3)nc2)c1. The highest BCUT2D eigenvalue weighted by atomic mass is 32.2. The third-order valence-electron chi connectivity index (χ3n) is 3.50. The number of carbonyl (C=O) groups is 1. The summed E-state index contributed by atoms with van der Waals surface area (Å²) in [5.74, 6) is 0.327. The van der Waals surface area contributed by atoms with Crippen LogP contribution in [0.5, 0.6) is 5.88 Å². The Morgan fingerprint density at radius 1 is 1.39 bits per heavy atom. The Kier molecular flexibility index (Phi) is 5.15. The second kappa shape index (κ2) is 7.48. The van der Waals surface area contributed by atoms with E-state index in [4.69, 9.17) is 9.47 Å². The quantitative estimate of drug-likeness (QED) is 0.853. The molecule has 1 aliphatic rings. The lowest BCUT2D eigenvalue weighted by Gasteiger charge is -2.11. The van der Waals surface area contributed by atoms with Crippen LogP contribution < -0.4 is 10.1 Å². The number of carbonyl (C=O) groups excluding carboxylic acids is 1. The highest BCUT2D eigenvalue weighted by Gasteiger charge is 2.17. The topological polar surface area (TPSA) is 60.5 Å². The molecule has 0 spiro atoms. The van der Waals surface area contributed by atoms with Gasteiger partial charge >= 0.3 is 0 Å². The highest BCUT2D eigenvalue weighted by Crippen LogP contribution is 2.20. The van der Waals surface area contributed by atoms with Crippen molar-refractivity contribution in [3.05, 3.63) is 48.2 Å². The molecular formula is C17H18N2O3S. The highest BCUT2D eigenvalue weighted by molar-refractivity contribution is 7.98. The fourth-order valence-electron chi connectivity index (χ4n) is 2.27. The van der Waals surface area contributed by atoms with Gasteiger partial charge in [-0.25, -0.2) is 4.98 Å². The molecule has 1 N–H and O–H groups in total. The van der Waals surface area contributed by atoms with E-state index in [1.54, 1.807) is 23.9 Å². The lowest BCUT2D eigenvalue weighted by atomic mass is 10.2. The molecule has 0 radical (unpaired) electrons. The van der Waals surface area contributed by atoms with Crippen LogP contribution in [0.4, 0.5) is 5.69 Å². The third kappa shape index (κ3) is 4.24. The van der Waals surface area contributed by atoms with Crippen molar-refractivity contribution < 1.29 is 14.3 Å². The maximum Gasteiger partial charge on any atom is 0.257 e. The molecule has 1 atom stereocenters. The Hall–Kier alpha value is -2.05. The van der Waals surface area contributed by atoms with E-state index in [1.807, 2.05) is 30.5 Å². The zero-order valence-electron chi connectivity index (χ0n) is 12.8. The van der Waals surface area contributed by atoms with E-state index < -0.39 is 0 Å². The maximum absolute atomic E-state index is 12.3. The van der Waals surface area contributed by atoms with Crippen LogP contribution in [0.15, 0.2) is 47.5 Å². The predicted molar refractivity (Wildman–Crippen MR) is 90.3 cm³/mol. The number of aromatic nitrogens is 1. The van der Waals surface area contributed by atoms with Gasteiger partial charge in [0.2, 0.25) is 5.88 Å². The molecule has 1 aliphatic heterocycles. The number of anilines is 1. The molecule has 120 valence electrons. The standard InChI is InChI=1S/C17H18N2O3S/c1-23-15-4-2-3-13(9-15)19-17(20)12-5-6-16(18-10-12)22-14-7-8-21-11-14/h2-6,9-10,14H,7-8,11H2,1H3,(H,19,20)/t14-/m1/s1. The number of hydrogen-bond acceptors (Lipinski definition) is 5. The largest absolute Gasteiger partial charge is 0.472 e. The number of amides is 1. The average molecular weight is 330 g/mol. The summed E-state index contributed by atoms with van der Waals surface area (Å²) in [5.41, 5.74) is 1.26. The normalized spacial score (nSPS) is 17.0. The number of thioether (sulfide) groups is 1. The fourth-order valence-corrected chi connectivity index (χ4v) is 2.72. The van der Waals surface area contributed by atoms with Crippen molar-refractivity contribution in [2.24, 2.45) is 0 Å². The molecule has 2 heterocycles. The van der Waals surface area contributed by atoms with Crippen LogP contribution in [0.1, 0.15) is 16.8 Å². The van der Waals surface area contributed by atoms with Gasteiger partial charge in [0, 0.05) is 29.3 Å². The van der Waals surface area contributed by atoms with Crippen LogP contribution in [0, 0.1) is 0 Å². The number of nitrogens with one attached hydrogen (secondary N) is 1. The number of benzene rings is 1. The first kappa shape index (κ1) is 15.8. The molecule has 1 amide bonds. The monoisotopic (exact) mass is 330 g/mol. The van der Waals surface area contributed by atoms with Crippen LogP contribution in [-0.4, -0.2) is 36.5 Å². The zero-order valence-corrected chi connectivity index (χ0v) is 13.6. The van der Waals surface area contributed by atoms with Crippen molar-refractivity contribution in [2.75, 3.05) is 24.8 Å². The van der Waals surface area contributed by atoms with Crippen molar-refractivity contribution >= 4 is 23.4 Å². The number of hydrogen-bond donors (Lipinski definition) is 1. The van der Waals surface area contributed by atoms with E-state index in [9.17, 15) is 4.79 Å². The van der Waals surface area contributed by atoms with Crippen LogP contribution >= 0.6 is 11.8 Å². The fraction of sp³-hybridized carbons (Fsp3) is 0.294. The molecule has 0 aliphatic carbocycles. The van der Waals surface area contributed by atoms with Crippen molar-refractivity contribution in [3.8, 4) is 5.88 Å². The van der Waals surface area contributed by atoms with Crippen molar-refractivity contribution in [2.45, 2.75) is 17.4 Å². The Bertz CT molecular complexity index is 670. The van der Waals surface area contributed by atoms with Crippen LogP contribution in [-0.2, 0) is 4.74 Å². The van der Waals surface area contributed by atoms with E-state index in [1.165, 1.54) is 6.20 Å². The summed E-state index contributed by atoms with van der Waals surface area (Å²) in [6.07, 6.45) is 4.45. The van der Waals surface area contributed by atoms with Gasteiger partial charge in [-0.15, -0.1) is 11.8 Å². The molecule has 0 unspecified atom stereocenters. The third-order valence-corrected chi connectivity index (χ3v) is 4.23. The van der Waals surface area contributed by atoms with Gasteiger partial charge in [-0.3, -0.25) is 4.79 Å². The molecule has 2 aromatic rings. The van der Waals surface area contributed by atoms with Gasteiger partial charge < -0.3 is 14.8 Å². The second-order valence-electron chi connectivity index (χ2n) is 5.17. The maximum atomic E-state index is 12.3. The molecule has 1 saturated heterocycles. The first-order valence-electron chi connectivity index (χ1n) is 7.40. The van der Waals surface area contributed by atoms with E-state index >= 15 is 0 Å². The van der Waals surface area contributed by atoms with Gasteiger partial charge in [-0.05, 0) is 30.5 Å². The minimum atomic E-state index is -0.188. The van der Waals surface area contributed by atoms with Crippen LogP contribution in [0.3, 0.4) is 0 Å². The summed E-state index contributed by atoms with van der Waals surface area (Å²) in [6.45, 7) is 1.32. The second-order valence-corrected chi connectivity index (χ2v) is 6.05. The Labute approximate surface area is 139 Å². The van der Waals surface area contributed by atoms with Crippen LogP contribution in [0.2, 0.25) is 0 Å². The Balaban J connectivity index is 1.62. The smallest absolute Gasteiger partial charge is 0.257 e. The minimum Gasteiger partial charge on any atom is -0.472 e. The summed E-state index contributed by atoms with van der Waals surface area (Å²) in [6, 6.07) is 11.1. The van der Waals surface area contributed by atoms with Gasteiger partial charge in [0.15, 0.2) is 0 Å². The summed E-state index contributed by atoms with van der Waals surface area (Å²) in [4.78, 5) is 17.5. The summed E-state index contributed by atoms with van der Waals surface area (Å²) >= 11 is 1.63. The van der Waals surface area contributed by atoms with Crippen LogP contribution in [0.25, 0.3) is 0 Å². The lowest BCUT2D eigenvalue weighted by Crippen LogP contribution is -2.17. The molecule has 5 nitrogen and oxygen atoms in total. The van der Waals surface area contributed by atoms with Gasteiger partial charge in [0.25, 0.3) is 5.91 Å². The average Bonchev–Trinajstić information content (AvgIpc) is 3.08. The van der Waals surface area contributed by atoms with Gasteiger partial charge in [-0.2, -0.15) is 0 Å². The lowest BCUT2D eigenvalue weighted by molar-refractivity contribution is 0.102. The minimum absolute atomic E-state index is 0.0523. The number of pyridine rings is 1. The molecule has 1 aromatic heterocycles. The molecule has 0 bridgehead atoms. The first-order valence-corrected chi connectivity index (χ1v) is 8.63. The van der Waals surface area contributed by atoms with Crippen molar-refractivity contribution in [1.82, 2.24) is 4.98 Å². The molecule has 1 aromatic carbocycles. The van der Waals surface area contributed by atoms with E-state index in [2.05, 4.69) is 10.3 Å². The van der Waals surface area contributed by atoms with Gasteiger partial charge in [0.05, 0.1) is 18.8 Å². The number of nitrogens with zero attached hydrogens (tertiary/aromatic N) is 1. The van der Waals surface area contributed by atoms with Crippen molar-refractivity contribution in [1.29, 1.82) is 0 Å². The van der Waals surface area contributed by atoms with Gasteiger partial charge in [0.1, 0.15) is 6.10 Å². The zero-order chi connectivity index (χ0) is 16.1. The van der Waals surface area contributed by atoms with E-state index in [0.717, 1.165) is 23.6 Å². The Morgan fingerprint density at radius 3 is 3.00 bits per heavy atom. The molecular weight excluding hydrogens is 312 g/mol. The first-order chi connectivity index (χ1) is 11.2. The molecule has 1 fully saturated rings. The summed E-state index contributed by atoms with van der Waals surface area (Å²) in [5, 5.41) is 2.87. The van der Waals surface area contributed by atoms with E-state index in [-0.39, 0.29) is 12.0 Å². The summed E-state index contributed by atoms with van der Waals surface area (Å²) in [7, 11) is 0. The van der Waals surface area contributed by atoms with Crippen molar-refractivity contribution in [3.63, 3.8) is 0 Å². The molecule has 3 rings (SSSR count). The summed E-state index contributed by atoms with van der Waals surface area (Å²) < 4.78 is 10.9. The molecule has 6 heteroatoms. The molecule has 23 heavy (non-hydrogen) atoms. The number of rotatable bonds is 5. The Morgan fingerprint density at radius 2 is 2.30 bits per heavy atom. The van der Waals surface area contributed by atoms with Gasteiger partial charge in [-0.1, -0.05) is 6.07 Å². The predicted octanol–water partition coefficient (Wildman–Crippen LogP) is 3.22. The molecule has 0 saturated carbocycles. The van der Waals surface area contributed by atoms with E-state index in [0.29, 0.717) is 18.1 Å².